The van der Waals surface area contributed by atoms with Crippen LogP contribution in [0.5, 0.6) is 0 Å². The van der Waals surface area contributed by atoms with E-state index in [4.69, 9.17) is 0 Å². The molecule has 2 aliphatic rings. The molecule has 0 bridgehead atoms. The van der Waals surface area contributed by atoms with Gasteiger partial charge in [0.25, 0.3) is 0 Å². The summed E-state index contributed by atoms with van der Waals surface area (Å²) >= 11 is 0. The van der Waals surface area contributed by atoms with Crippen molar-refractivity contribution >= 4 is 23.1 Å². The number of hydrogen-bond acceptors (Lipinski definition) is 3. The second-order valence-corrected chi connectivity index (χ2v) is 7.36. The van der Waals surface area contributed by atoms with E-state index in [1.807, 2.05) is 58.0 Å². The number of amides is 2. The Labute approximate surface area is 156 Å². The molecule has 2 amide bonds. The van der Waals surface area contributed by atoms with Gasteiger partial charge in [-0.1, -0.05) is 24.3 Å². The van der Waals surface area contributed by atoms with Crippen LogP contribution < -0.4 is 5.32 Å². The summed E-state index contributed by atoms with van der Waals surface area (Å²) in [6, 6.07) is 13.6. The maximum atomic E-state index is 13.0. The van der Waals surface area contributed by atoms with E-state index < -0.39 is 5.41 Å². The van der Waals surface area contributed by atoms with E-state index in [1.165, 1.54) is 0 Å². The lowest BCUT2D eigenvalue weighted by Gasteiger charge is -2.39. The first-order valence-electron chi connectivity index (χ1n) is 9.27. The molecule has 1 aromatic carbocycles. The van der Waals surface area contributed by atoms with Gasteiger partial charge in [0, 0.05) is 31.2 Å². The number of para-hydroxylation sites is 1. The molecular weight excluding hydrogens is 340 g/mol. The number of anilines is 1. The average molecular weight is 360 g/mol. The minimum Gasteiger partial charge on any atom is -0.341 e. The van der Waals surface area contributed by atoms with E-state index in [-0.39, 0.29) is 18.2 Å². The van der Waals surface area contributed by atoms with Gasteiger partial charge in [0.1, 0.15) is 5.65 Å². The third-order valence-electron chi connectivity index (χ3n) is 5.80. The van der Waals surface area contributed by atoms with Crippen molar-refractivity contribution in [1.82, 2.24) is 14.3 Å². The zero-order valence-electron chi connectivity index (χ0n) is 14.9. The molecular formula is C21H20N4O2. The van der Waals surface area contributed by atoms with Crippen molar-refractivity contribution in [1.29, 1.82) is 0 Å². The van der Waals surface area contributed by atoms with Gasteiger partial charge >= 0.3 is 0 Å². The highest BCUT2D eigenvalue weighted by Crippen LogP contribution is 2.43. The van der Waals surface area contributed by atoms with Crippen LogP contribution in [0.2, 0.25) is 0 Å². The molecule has 0 radical (unpaired) electrons. The first-order valence-corrected chi connectivity index (χ1v) is 9.27. The molecule has 6 heteroatoms. The van der Waals surface area contributed by atoms with Gasteiger partial charge in [-0.2, -0.15) is 0 Å². The van der Waals surface area contributed by atoms with Gasteiger partial charge in [0.05, 0.1) is 17.5 Å². The Morgan fingerprint density at radius 1 is 1.19 bits per heavy atom. The molecule has 1 N–H and O–H groups in total. The Kier molecular flexibility index (Phi) is 3.53. The lowest BCUT2D eigenvalue weighted by molar-refractivity contribution is -0.134. The van der Waals surface area contributed by atoms with E-state index >= 15 is 0 Å². The zero-order chi connectivity index (χ0) is 18.4. The van der Waals surface area contributed by atoms with Crippen molar-refractivity contribution in [2.45, 2.75) is 24.7 Å². The van der Waals surface area contributed by atoms with Crippen LogP contribution in [0.15, 0.2) is 54.9 Å². The lowest BCUT2D eigenvalue weighted by Crippen LogP contribution is -2.52. The fourth-order valence-corrected chi connectivity index (χ4v) is 4.43. The largest absolute Gasteiger partial charge is 0.341 e. The van der Waals surface area contributed by atoms with Gasteiger partial charge < -0.3 is 14.6 Å². The van der Waals surface area contributed by atoms with Gasteiger partial charge in [-0.3, -0.25) is 9.59 Å². The summed E-state index contributed by atoms with van der Waals surface area (Å²) in [5.74, 6) is 0.0490. The number of nitrogens with zero attached hydrogens (tertiary/aromatic N) is 3. The standard InChI is InChI=1S/C21H20N4O2/c26-19(12-15-13-22-18-8-3-4-11-25(15)18)24-10-5-9-21(14-24)16-6-1-2-7-17(16)23-20(21)27/h1-4,6-8,11,13H,5,9-10,12,14H2,(H,23,27). The van der Waals surface area contributed by atoms with Crippen LogP contribution in [0.4, 0.5) is 5.69 Å². The highest BCUT2D eigenvalue weighted by atomic mass is 16.2. The van der Waals surface area contributed by atoms with Crippen LogP contribution in [0.3, 0.4) is 0 Å². The minimum absolute atomic E-state index is 0.0102. The minimum atomic E-state index is -0.621. The summed E-state index contributed by atoms with van der Waals surface area (Å²) in [4.78, 5) is 32.0. The van der Waals surface area contributed by atoms with Crippen LogP contribution in [-0.2, 0) is 21.4 Å². The number of benzene rings is 1. The van der Waals surface area contributed by atoms with E-state index in [0.29, 0.717) is 13.1 Å². The number of piperidine rings is 1. The highest BCUT2D eigenvalue weighted by molar-refractivity contribution is 6.06. The summed E-state index contributed by atoms with van der Waals surface area (Å²) in [6.45, 7) is 1.12. The van der Waals surface area contributed by atoms with Crippen molar-refractivity contribution in [2.75, 3.05) is 18.4 Å². The van der Waals surface area contributed by atoms with Gasteiger partial charge in [-0.15, -0.1) is 0 Å². The normalized spacial score (nSPS) is 21.5. The topological polar surface area (TPSA) is 66.7 Å². The van der Waals surface area contributed by atoms with Crippen LogP contribution in [0.25, 0.3) is 5.65 Å². The van der Waals surface area contributed by atoms with Gasteiger partial charge in [-0.25, -0.2) is 4.98 Å². The quantitative estimate of drug-likeness (QED) is 0.763. The van der Waals surface area contributed by atoms with E-state index in [1.54, 1.807) is 6.20 Å². The molecule has 3 aromatic rings. The molecule has 0 saturated carbocycles. The molecule has 5 rings (SSSR count). The van der Waals surface area contributed by atoms with Crippen LogP contribution in [-0.4, -0.2) is 39.2 Å². The number of rotatable bonds is 2. The second kappa shape index (κ2) is 5.94. The first-order chi connectivity index (χ1) is 13.2. The number of aromatic nitrogens is 2. The second-order valence-electron chi connectivity index (χ2n) is 7.36. The molecule has 1 spiro atoms. The molecule has 4 heterocycles. The number of carbonyl (C=O) groups is 2. The predicted octanol–water partition coefficient (Wildman–Crippen LogP) is 2.39. The Balaban J connectivity index is 1.41. The number of pyridine rings is 1. The Morgan fingerprint density at radius 3 is 2.96 bits per heavy atom. The fraction of sp³-hybridized carbons (Fsp3) is 0.286. The number of fused-ring (bicyclic) bond motifs is 3. The van der Waals surface area contributed by atoms with E-state index in [0.717, 1.165) is 35.4 Å². The molecule has 0 aliphatic carbocycles. The number of carbonyl (C=O) groups excluding carboxylic acids is 2. The van der Waals surface area contributed by atoms with Crippen molar-refractivity contribution in [2.24, 2.45) is 0 Å². The van der Waals surface area contributed by atoms with E-state index in [9.17, 15) is 9.59 Å². The SMILES string of the molecule is O=C(Cc1cnc2ccccn12)N1CCCC2(C1)C(=O)Nc1ccccc12. The van der Waals surface area contributed by atoms with Gasteiger partial charge in [0.15, 0.2) is 0 Å². The molecule has 27 heavy (non-hydrogen) atoms. The Bertz CT molecular complexity index is 1060. The van der Waals surface area contributed by atoms with Gasteiger partial charge in [0.2, 0.25) is 11.8 Å². The fourth-order valence-electron chi connectivity index (χ4n) is 4.43. The summed E-state index contributed by atoms with van der Waals surface area (Å²) in [5.41, 5.74) is 2.97. The zero-order valence-corrected chi connectivity index (χ0v) is 14.9. The molecule has 2 aliphatic heterocycles. The first kappa shape index (κ1) is 16.1. The Hall–Kier alpha value is -3.15. The number of nitrogens with one attached hydrogen (secondary N) is 1. The average Bonchev–Trinajstić information content (AvgIpc) is 3.22. The van der Waals surface area contributed by atoms with E-state index in [2.05, 4.69) is 10.3 Å². The maximum Gasteiger partial charge on any atom is 0.236 e. The summed E-state index contributed by atoms with van der Waals surface area (Å²) in [5, 5.41) is 3.00. The monoisotopic (exact) mass is 360 g/mol. The number of likely N-dealkylation sites (tertiary alicyclic amines) is 1. The molecule has 1 atom stereocenters. The smallest absolute Gasteiger partial charge is 0.236 e. The van der Waals surface area contributed by atoms with Crippen molar-refractivity contribution < 1.29 is 9.59 Å². The third kappa shape index (κ3) is 2.44. The third-order valence-corrected chi connectivity index (χ3v) is 5.80. The summed E-state index contributed by atoms with van der Waals surface area (Å²) in [6.07, 6.45) is 5.55. The molecule has 1 fully saturated rings. The molecule has 136 valence electrons. The summed E-state index contributed by atoms with van der Waals surface area (Å²) in [7, 11) is 0. The number of hydrogen-bond donors (Lipinski definition) is 1. The molecule has 1 saturated heterocycles. The van der Waals surface area contributed by atoms with Crippen molar-refractivity contribution in [3.8, 4) is 0 Å². The molecule has 1 unspecified atom stereocenters. The van der Waals surface area contributed by atoms with Crippen molar-refractivity contribution in [3.63, 3.8) is 0 Å². The molecule has 6 nitrogen and oxygen atoms in total. The highest BCUT2D eigenvalue weighted by Gasteiger charge is 2.49. The maximum absolute atomic E-state index is 13.0. The lowest BCUT2D eigenvalue weighted by atomic mass is 9.75. The molecule has 2 aromatic heterocycles. The van der Waals surface area contributed by atoms with Crippen LogP contribution in [0.1, 0.15) is 24.1 Å². The summed E-state index contributed by atoms with van der Waals surface area (Å²) < 4.78 is 1.94. The van der Waals surface area contributed by atoms with Crippen molar-refractivity contribution in [3.05, 3.63) is 66.1 Å². The van der Waals surface area contributed by atoms with Crippen LogP contribution in [0, 0.1) is 0 Å². The van der Waals surface area contributed by atoms with Crippen LogP contribution >= 0.6 is 0 Å². The van der Waals surface area contributed by atoms with Gasteiger partial charge in [-0.05, 0) is 36.6 Å². The predicted molar refractivity (Wildman–Crippen MR) is 101 cm³/mol. The number of imidazole rings is 1. The Morgan fingerprint density at radius 2 is 2.04 bits per heavy atom.